The number of hydrogen-bond acceptors (Lipinski definition) is 3. The van der Waals surface area contributed by atoms with E-state index in [1.807, 2.05) is 0 Å². The van der Waals surface area contributed by atoms with E-state index in [4.69, 9.17) is 4.99 Å². The van der Waals surface area contributed by atoms with Crippen LogP contribution < -0.4 is 5.32 Å². The lowest BCUT2D eigenvalue weighted by molar-refractivity contribution is 0.335. The quantitative estimate of drug-likeness (QED) is 0.820. The highest BCUT2D eigenvalue weighted by atomic mass is 15.2. The minimum Gasteiger partial charge on any atom is -0.391 e. The molecule has 3 nitrogen and oxygen atoms in total. The zero-order valence-corrected chi connectivity index (χ0v) is 17.8. The number of nitrogens with one attached hydrogen (secondary N) is 1. The van der Waals surface area contributed by atoms with Gasteiger partial charge in [0.25, 0.3) is 0 Å². The lowest BCUT2D eigenvalue weighted by Gasteiger charge is -2.36. The Balaban J connectivity index is 1.66. The van der Waals surface area contributed by atoms with Gasteiger partial charge in [-0.15, -0.1) is 0 Å². The van der Waals surface area contributed by atoms with Gasteiger partial charge >= 0.3 is 0 Å². The Bertz CT molecular complexity index is 1050. The van der Waals surface area contributed by atoms with Gasteiger partial charge in [0.1, 0.15) is 0 Å². The van der Waals surface area contributed by atoms with Crippen molar-refractivity contribution in [1.29, 1.82) is 0 Å². The lowest BCUT2D eigenvalue weighted by Crippen LogP contribution is -2.39. The number of allylic oxidation sites excluding steroid dienone is 2. The second-order valence-electron chi connectivity index (χ2n) is 9.02. The van der Waals surface area contributed by atoms with Gasteiger partial charge in [-0.05, 0) is 60.1 Å². The Kier molecular flexibility index (Phi) is 4.31. The third kappa shape index (κ3) is 2.59. The molecule has 2 aromatic rings. The second-order valence-corrected chi connectivity index (χ2v) is 9.02. The zero-order chi connectivity index (χ0) is 20.2. The Morgan fingerprint density at radius 1 is 1.28 bits per heavy atom. The highest BCUT2D eigenvalue weighted by Gasteiger charge is 2.52. The molecule has 3 unspecified atom stereocenters. The number of rotatable bonds is 3. The Hall–Kier alpha value is -2.55. The Morgan fingerprint density at radius 2 is 2.10 bits per heavy atom. The molecule has 150 valence electrons. The van der Waals surface area contributed by atoms with Gasteiger partial charge in [-0.25, -0.2) is 0 Å². The first kappa shape index (κ1) is 18.5. The van der Waals surface area contributed by atoms with Crippen LogP contribution in [0.15, 0.2) is 65.4 Å². The fraction of sp³-hybridized carbons (Fsp3) is 0.423. The molecule has 2 aromatic carbocycles. The van der Waals surface area contributed by atoms with Crippen LogP contribution in [0.2, 0.25) is 0 Å². The van der Waals surface area contributed by atoms with Crippen LogP contribution in [-0.2, 0) is 11.8 Å². The van der Waals surface area contributed by atoms with Crippen molar-refractivity contribution in [1.82, 2.24) is 10.2 Å². The summed E-state index contributed by atoms with van der Waals surface area (Å²) >= 11 is 0. The van der Waals surface area contributed by atoms with Crippen molar-refractivity contribution in [3.05, 3.63) is 71.6 Å². The molecule has 0 amide bonds. The van der Waals surface area contributed by atoms with E-state index < -0.39 is 0 Å². The van der Waals surface area contributed by atoms with E-state index in [2.05, 4.69) is 80.3 Å². The number of nitrogens with zero attached hydrogens (tertiary/aromatic N) is 2. The summed E-state index contributed by atoms with van der Waals surface area (Å²) in [4.78, 5) is 7.13. The summed E-state index contributed by atoms with van der Waals surface area (Å²) in [5.41, 5.74) is 6.55. The number of benzene rings is 2. The number of fused-ring (bicyclic) bond motifs is 5. The third-order valence-corrected chi connectivity index (χ3v) is 7.73. The first-order chi connectivity index (χ1) is 14.1. The van der Waals surface area contributed by atoms with E-state index in [0.29, 0.717) is 12.0 Å². The average molecular weight is 386 g/mol. The molecule has 1 fully saturated rings. The maximum Gasteiger partial charge on any atom is 0.0820 e. The van der Waals surface area contributed by atoms with Crippen LogP contribution in [0.5, 0.6) is 0 Å². The second kappa shape index (κ2) is 6.76. The van der Waals surface area contributed by atoms with Gasteiger partial charge in [-0.2, -0.15) is 0 Å². The summed E-state index contributed by atoms with van der Waals surface area (Å²) in [5.74, 6) is 0.663. The molecular formula is C26H31N3. The van der Waals surface area contributed by atoms with Crippen molar-refractivity contribution in [3.8, 4) is 0 Å². The summed E-state index contributed by atoms with van der Waals surface area (Å²) < 4.78 is 0. The highest BCUT2D eigenvalue weighted by Crippen LogP contribution is 2.57. The summed E-state index contributed by atoms with van der Waals surface area (Å²) in [6, 6.07) is 14.0. The molecule has 0 aromatic heterocycles. The van der Waals surface area contributed by atoms with E-state index in [1.54, 1.807) is 5.56 Å². The van der Waals surface area contributed by atoms with Crippen LogP contribution in [0.1, 0.15) is 37.3 Å². The number of aliphatic imine (C=N–C) groups is 1. The maximum atomic E-state index is 4.88. The van der Waals surface area contributed by atoms with Crippen LogP contribution in [-0.4, -0.2) is 37.3 Å². The van der Waals surface area contributed by atoms with Gasteiger partial charge in [0, 0.05) is 31.2 Å². The minimum absolute atomic E-state index is 0.0819. The largest absolute Gasteiger partial charge is 0.391 e. The van der Waals surface area contributed by atoms with Gasteiger partial charge in [-0.3, -0.25) is 4.99 Å². The zero-order valence-electron chi connectivity index (χ0n) is 17.8. The van der Waals surface area contributed by atoms with Crippen LogP contribution >= 0.6 is 0 Å². The van der Waals surface area contributed by atoms with Crippen molar-refractivity contribution in [3.63, 3.8) is 0 Å². The van der Waals surface area contributed by atoms with E-state index in [9.17, 15) is 0 Å². The van der Waals surface area contributed by atoms with Crippen LogP contribution in [0.4, 0.5) is 0 Å². The number of likely N-dealkylation sites (N-methyl/N-ethyl adjacent to an activating group) is 2. The topological polar surface area (TPSA) is 27.6 Å². The molecular weight excluding hydrogens is 354 g/mol. The van der Waals surface area contributed by atoms with Crippen molar-refractivity contribution < 1.29 is 0 Å². The molecule has 1 N–H and O–H groups in total. The van der Waals surface area contributed by atoms with Crippen molar-refractivity contribution >= 4 is 16.5 Å². The smallest absolute Gasteiger partial charge is 0.0820 e. The molecule has 3 atom stereocenters. The predicted molar refractivity (Wildman–Crippen MR) is 122 cm³/mol. The van der Waals surface area contributed by atoms with Gasteiger partial charge in [0.15, 0.2) is 0 Å². The summed E-state index contributed by atoms with van der Waals surface area (Å²) in [5, 5.41) is 6.40. The maximum absolute atomic E-state index is 4.88. The molecule has 29 heavy (non-hydrogen) atoms. The number of hydrogen-bond donors (Lipinski definition) is 1. The fourth-order valence-electron chi connectivity index (χ4n) is 6.01. The molecule has 1 aliphatic heterocycles. The van der Waals surface area contributed by atoms with Crippen LogP contribution in [0.3, 0.4) is 0 Å². The minimum atomic E-state index is 0.0819. The summed E-state index contributed by atoms with van der Waals surface area (Å²) in [7, 11) is 4.20. The average Bonchev–Trinajstić information content (AvgIpc) is 3.29. The van der Waals surface area contributed by atoms with Crippen molar-refractivity contribution in [2.75, 3.05) is 20.6 Å². The van der Waals surface area contributed by atoms with E-state index >= 15 is 0 Å². The lowest BCUT2D eigenvalue weighted by atomic mass is 9.73. The van der Waals surface area contributed by atoms with E-state index in [1.165, 1.54) is 47.7 Å². The molecule has 3 heteroatoms. The molecule has 0 saturated heterocycles. The monoisotopic (exact) mass is 385 g/mol. The molecule has 0 bridgehead atoms. The standard InChI is InChI=1S/C26H31N3/c1-17-16-28-24(18(2)29(17)4)15-25(27-3)26-13-7-9-20(26)14-22-21-10-6-5-8-19(21)11-12-23(22)26/h5-6,8,10-12,15,17,20,27H,2,7,9,13-14,16H2,1,3-4H3. The van der Waals surface area contributed by atoms with Crippen LogP contribution in [0, 0.1) is 5.92 Å². The Labute approximate surface area is 174 Å². The molecule has 0 spiro atoms. The normalized spacial score (nSPS) is 29.1. The third-order valence-electron chi connectivity index (χ3n) is 7.73. The van der Waals surface area contributed by atoms with Crippen molar-refractivity contribution in [2.24, 2.45) is 10.9 Å². The first-order valence-corrected chi connectivity index (χ1v) is 10.9. The highest BCUT2D eigenvalue weighted by molar-refractivity contribution is 6.08. The van der Waals surface area contributed by atoms with Gasteiger partial charge in [0.2, 0.25) is 0 Å². The molecule has 0 radical (unpaired) electrons. The fourth-order valence-corrected chi connectivity index (χ4v) is 6.01. The van der Waals surface area contributed by atoms with Crippen molar-refractivity contribution in [2.45, 2.75) is 44.1 Å². The molecule has 5 rings (SSSR count). The molecule has 1 saturated carbocycles. The first-order valence-electron chi connectivity index (χ1n) is 10.9. The molecule has 2 aliphatic carbocycles. The van der Waals surface area contributed by atoms with Gasteiger partial charge in [-0.1, -0.05) is 49.4 Å². The predicted octanol–water partition coefficient (Wildman–Crippen LogP) is 4.83. The van der Waals surface area contributed by atoms with Crippen LogP contribution in [0.25, 0.3) is 10.8 Å². The van der Waals surface area contributed by atoms with Gasteiger partial charge < -0.3 is 10.2 Å². The SMILES string of the molecule is C=C1C(C=C(NC)C23CCCC2Cc2c3ccc3ccccc23)=NCC(C)N1C. The molecule has 3 aliphatic rings. The molecule has 1 heterocycles. The summed E-state index contributed by atoms with van der Waals surface area (Å²) in [6.45, 7) is 7.37. The van der Waals surface area contributed by atoms with E-state index in [0.717, 1.165) is 18.0 Å². The van der Waals surface area contributed by atoms with E-state index in [-0.39, 0.29) is 5.41 Å². The summed E-state index contributed by atoms with van der Waals surface area (Å²) in [6.07, 6.45) is 7.28. The Morgan fingerprint density at radius 3 is 2.93 bits per heavy atom. The van der Waals surface area contributed by atoms with Gasteiger partial charge in [0.05, 0.1) is 18.0 Å².